The van der Waals surface area contributed by atoms with E-state index >= 15 is 0 Å². The van der Waals surface area contributed by atoms with Crippen molar-refractivity contribution in [2.45, 2.75) is 32.3 Å². The second-order valence-corrected chi connectivity index (χ2v) is 6.19. The molecular formula is C15H22N4O3. The van der Waals surface area contributed by atoms with Gasteiger partial charge in [0.15, 0.2) is 0 Å². The highest BCUT2D eigenvalue weighted by Crippen LogP contribution is 2.39. The fourth-order valence-corrected chi connectivity index (χ4v) is 3.35. The number of rotatable bonds is 2. The number of methoxy groups -OCH3 is 1. The van der Waals surface area contributed by atoms with Gasteiger partial charge in [-0.25, -0.2) is 4.98 Å². The molecule has 2 fully saturated rings. The summed E-state index contributed by atoms with van der Waals surface area (Å²) in [4.78, 5) is 23.1. The van der Waals surface area contributed by atoms with Crippen LogP contribution in [0.25, 0.3) is 0 Å². The monoisotopic (exact) mass is 306 g/mol. The molecule has 1 unspecified atom stereocenters. The summed E-state index contributed by atoms with van der Waals surface area (Å²) in [5, 5.41) is 12.7. The molecule has 7 nitrogen and oxygen atoms in total. The average Bonchev–Trinajstić information content (AvgIpc) is 2.51. The third kappa shape index (κ3) is 2.72. The van der Waals surface area contributed by atoms with Gasteiger partial charge in [0.05, 0.1) is 18.6 Å². The first-order valence-electron chi connectivity index (χ1n) is 7.63. The molecule has 0 bridgehead atoms. The third-order valence-electron chi connectivity index (χ3n) is 4.64. The second kappa shape index (κ2) is 5.72. The standard InChI is InChI=1S/C15H22N4O3/c1-10-7-12(22-2)18-14(17-10)19-5-3-15(4-6-19)8-11(20)9-16-13(15)21/h7,11,20H,3-6,8-9H2,1-2H3,(H,16,21). The van der Waals surface area contributed by atoms with Crippen LogP contribution in [0.2, 0.25) is 0 Å². The highest BCUT2D eigenvalue weighted by Gasteiger charge is 2.45. The van der Waals surface area contributed by atoms with E-state index in [1.54, 1.807) is 13.2 Å². The van der Waals surface area contributed by atoms with E-state index < -0.39 is 11.5 Å². The molecule has 2 N–H and O–H groups in total. The van der Waals surface area contributed by atoms with Crippen LogP contribution in [0.5, 0.6) is 5.88 Å². The number of nitrogens with one attached hydrogen (secondary N) is 1. The first kappa shape index (κ1) is 15.0. The van der Waals surface area contributed by atoms with Gasteiger partial charge in [-0.1, -0.05) is 0 Å². The van der Waals surface area contributed by atoms with Gasteiger partial charge in [-0.15, -0.1) is 0 Å². The Morgan fingerprint density at radius 3 is 2.82 bits per heavy atom. The summed E-state index contributed by atoms with van der Waals surface area (Å²) in [5.41, 5.74) is 0.412. The Bertz CT molecular complexity index is 570. The third-order valence-corrected chi connectivity index (χ3v) is 4.64. The number of ether oxygens (including phenoxy) is 1. The number of carbonyl (C=O) groups excluding carboxylic acids is 1. The molecule has 2 aliphatic heterocycles. The molecule has 22 heavy (non-hydrogen) atoms. The van der Waals surface area contributed by atoms with Gasteiger partial charge in [-0.2, -0.15) is 4.98 Å². The number of nitrogens with zero attached hydrogens (tertiary/aromatic N) is 3. The van der Waals surface area contributed by atoms with Crippen LogP contribution in [0, 0.1) is 12.3 Å². The average molecular weight is 306 g/mol. The van der Waals surface area contributed by atoms with E-state index in [4.69, 9.17) is 4.74 Å². The molecule has 1 aromatic rings. The maximum Gasteiger partial charge on any atom is 0.228 e. The van der Waals surface area contributed by atoms with Crippen molar-refractivity contribution in [2.75, 3.05) is 31.6 Å². The quantitative estimate of drug-likeness (QED) is 0.815. The number of β-amino-alcohol motifs (C(OH)–C–C–N with tert-alkyl or cyclic N) is 1. The number of aliphatic hydroxyl groups excluding tert-OH is 1. The van der Waals surface area contributed by atoms with Crippen LogP contribution in [0.3, 0.4) is 0 Å². The maximum absolute atomic E-state index is 12.2. The summed E-state index contributed by atoms with van der Waals surface area (Å²) in [5.74, 6) is 1.26. The van der Waals surface area contributed by atoms with E-state index in [0.717, 1.165) is 5.69 Å². The number of aromatic nitrogens is 2. The van der Waals surface area contributed by atoms with Gasteiger partial charge in [0.2, 0.25) is 17.7 Å². The van der Waals surface area contributed by atoms with Gasteiger partial charge in [-0.05, 0) is 26.2 Å². The minimum Gasteiger partial charge on any atom is -0.481 e. The van der Waals surface area contributed by atoms with Crippen LogP contribution in [0.4, 0.5) is 5.95 Å². The van der Waals surface area contributed by atoms with Crippen molar-refractivity contribution in [1.82, 2.24) is 15.3 Å². The maximum atomic E-state index is 12.2. The van der Waals surface area contributed by atoms with E-state index in [9.17, 15) is 9.90 Å². The van der Waals surface area contributed by atoms with Crippen molar-refractivity contribution in [3.05, 3.63) is 11.8 Å². The van der Waals surface area contributed by atoms with E-state index in [-0.39, 0.29) is 5.91 Å². The lowest BCUT2D eigenvalue weighted by molar-refractivity contribution is -0.138. The molecule has 3 heterocycles. The second-order valence-electron chi connectivity index (χ2n) is 6.19. The lowest BCUT2D eigenvalue weighted by atomic mass is 9.71. The summed E-state index contributed by atoms with van der Waals surface area (Å²) < 4.78 is 5.19. The van der Waals surface area contributed by atoms with Crippen molar-refractivity contribution < 1.29 is 14.6 Å². The smallest absolute Gasteiger partial charge is 0.228 e. The lowest BCUT2D eigenvalue weighted by Gasteiger charge is -2.44. The Balaban J connectivity index is 1.74. The molecule has 2 saturated heterocycles. The predicted molar refractivity (Wildman–Crippen MR) is 80.8 cm³/mol. The topological polar surface area (TPSA) is 87.6 Å². The molecule has 120 valence electrons. The van der Waals surface area contributed by atoms with Gasteiger partial charge < -0.3 is 20.1 Å². The van der Waals surface area contributed by atoms with Crippen LogP contribution in [-0.4, -0.2) is 53.8 Å². The first-order valence-corrected chi connectivity index (χ1v) is 7.63. The molecule has 0 aliphatic carbocycles. The van der Waals surface area contributed by atoms with E-state index in [0.29, 0.717) is 50.7 Å². The summed E-state index contributed by atoms with van der Waals surface area (Å²) in [6.07, 6.45) is 1.51. The minimum atomic E-state index is -0.445. The fraction of sp³-hybridized carbons (Fsp3) is 0.667. The van der Waals surface area contributed by atoms with Crippen LogP contribution in [0.15, 0.2) is 6.07 Å². The van der Waals surface area contributed by atoms with Crippen molar-refractivity contribution in [2.24, 2.45) is 5.41 Å². The molecular weight excluding hydrogens is 284 g/mol. The van der Waals surface area contributed by atoms with Crippen molar-refractivity contribution in [3.63, 3.8) is 0 Å². The molecule has 2 aliphatic rings. The van der Waals surface area contributed by atoms with Gasteiger partial charge in [-0.3, -0.25) is 4.79 Å². The normalized spacial score (nSPS) is 24.2. The summed E-state index contributed by atoms with van der Waals surface area (Å²) >= 11 is 0. The number of hydrogen-bond donors (Lipinski definition) is 2. The van der Waals surface area contributed by atoms with Crippen LogP contribution >= 0.6 is 0 Å². The van der Waals surface area contributed by atoms with Gasteiger partial charge in [0.1, 0.15) is 0 Å². The molecule has 1 atom stereocenters. The van der Waals surface area contributed by atoms with Gasteiger partial charge >= 0.3 is 0 Å². The molecule has 7 heteroatoms. The Morgan fingerprint density at radius 2 is 2.14 bits per heavy atom. The first-order chi connectivity index (χ1) is 10.5. The van der Waals surface area contributed by atoms with Gasteiger partial charge in [0.25, 0.3) is 0 Å². The number of amides is 1. The number of anilines is 1. The van der Waals surface area contributed by atoms with Crippen molar-refractivity contribution in [1.29, 1.82) is 0 Å². The molecule has 1 spiro atoms. The number of aliphatic hydroxyl groups is 1. The predicted octanol–water partition coefficient (Wildman–Crippen LogP) is 0.261. The molecule has 0 aromatic carbocycles. The van der Waals surface area contributed by atoms with Crippen LogP contribution in [-0.2, 0) is 4.79 Å². The zero-order valence-electron chi connectivity index (χ0n) is 13.0. The Hall–Kier alpha value is -1.89. The Kier molecular flexibility index (Phi) is 3.90. The van der Waals surface area contributed by atoms with E-state index in [2.05, 4.69) is 20.2 Å². The van der Waals surface area contributed by atoms with E-state index in [1.807, 2.05) is 6.92 Å². The molecule has 3 rings (SSSR count). The Labute approximate surface area is 129 Å². The zero-order chi connectivity index (χ0) is 15.7. The fourth-order valence-electron chi connectivity index (χ4n) is 3.35. The van der Waals surface area contributed by atoms with E-state index in [1.165, 1.54) is 0 Å². The lowest BCUT2D eigenvalue weighted by Crippen LogP contribution is -2.56. The number of carbonyl (C=O) groups is 1. The number of piperidine rings is 2. The summed E-state index contributed by atoms with van der Waals surface area (Å²) in [7, 11) is 1.59. The number of aryl methyl sites for hydroxylation is 1. The Morgan fingerprint density at radius 1 is 1.41 bits per heavy atom. The number of hydrogen-bond acceptors (Lipinski definition) is 6. The molecule has 0 saturated carbocycles. The largest absolute Gasteiger partial charge is 0.481 e. The minimum absolute atomic E-state index is 0.0696. The highest BCUT2D eigenvalue weighted by atomic mass is 16.5. The van der Waals surface area contributed by atoms with Crippen LogP contribution in [0.1, 0.15) is 25.0 Å². The zero-order valence-corrected chi connectivity index (χ0v) is 13.0. The van der Waals surface area contributed by atoms with Gasteiger partial charge in [0, 0.05) is 31.4 Å². The summed E-state index contributed by atoms with van der Waals surface area (Å²) in [6, 6.07) is 1.79. The molecule has 0 radical (unpaired) electrons. The van der Waals surface area contributed by atoms with Crippen molar-refractivity contribution in [3.8, 4) is 5.88 Å². The summed E-state index contributed by atoms with van der Waals surface area (Å²) in [6.45, 7) is 3.67. The van der Waals surface area contributed by atoms with Crippen molar-refractivity contribution >= 4 is 11.9 Å². The highest BCUT2D eigenvalue weighted by molar-refractivity contribution is 5.83. The van der Waals surface area contributed by atoms with Crippen LogP contribution < -0.4 is 15.0 Å². The molecule has 1 aromatic heterocycles. The SMILES string of the molecule is COc1cc(C)nc(N2CCC3(CC2)CC(O)CNC3=O)n1. The molecule has 1 amide bonds.